The number of hydrogen-bond acceptors (Lipinski definition) is 3. The van der Waals surface area contributed by atoms with Gasteiger partial charge >= 0.3 is 0 Å². The lowest BCUT2D eigenvalue weighted by molar-refractivity contribution is 0.187. The van der Waals surface area contributed by atoms with Gasteiger partial charge in [0.25, 0.3) is 0 Å². The number of nitrogens with one attached hydrogen (secondary N) is 1. The van der Waals surface area contributed by atoms with Gasteiger partial charge in [0.1, 0.15) is 0 Å². The molecule has 0 saturated carbocycles. The van der Waals surface area contributed by atoms with Gasteiger partial charge in [0.15, 0.2) is 0 Å². The van der Waals surface area contributed by atoms with Crippen molar-refractivity contribution in [2.24, 2.45) is 0 Å². The Hall–Kier alpha value is -2.33. The molecule has 0 amide bonds. The Labute approximate surface area is 124 Å². The van der Waals surface area contributed by atoms with Crippen LogP contribution in [0.25, 0.3) is 10.8 Å². The van der Waals surface area contributed by atoms with E-state index in [9.17, 15) is 0 Å². The van der Waals surface area contributed by atoms with E-state index >= 15 is 0 Å². The Morgan fingerprint density at radius 3 is 2.90 bits per heavy atom. The molecular weight excluding hydrogens is 262 g/mol. The lowest BCUT2D eigenvalue weighted by atomic mass is 10.0. The highest BCUT2D eigenvalue weighted by Crippen LogP contribution is 2.19. The number of aromatic nitrogens is 2. The summed E-state index contributed by atoms with van der Waals surface area (Å²) in [6.07, 6.45) is 3.77. The molecule has 108 valence electrons. The van der Waals surface area contributed by atoms with E-state index in [1.807, 2.05) is 6.20 Å². The summed E-state index contributed by atoms with van der Waals surface area (Å²) in [7, 11) is 1.71. The number of ether oxygens (including phenoxy) is 1. The summed E-state index contributed by atoms with van der Waals surface area (Å²) in [6, 6.07) is 14.8. The summed E-state index contributed by atoms with van der Waals surface area (Å²) in [5.41, 5.74) is 1.27. The second-order valence-corrected chi connectivity index (χ2v) is 4.93. The van der Waals surface area contributed by atoms with E-state index in [2.05, 4.69) is 57.3 Å². The van der Waals surface area contributed by atoms with Gasteiger partial charge in [-0.3, -0.25) is 0 Å². The van der Waals surface area contributed by atoms with Crippen molar-refractivity contribution in [2.75, 3.05) is 19.0 Å². The Balaban J connectivity index is 1.76. The smallest absolute Gasteiger partial charge is 0.203 e. The topological polar surface area (TPSA) is 39.1 Å². The van der Waals surface area contributed by atoms with Crippen molar-refractivity contribution in [1.29, 1.82) is 0 Å². The van der Waals surface area contributed by atoms with E-state index in [4.69, 9.17) is 4.74 Å². The Kier molecular flexibility index (Phi) is 4.17. The number of imidazole rings is 1. The number of anilines is 1. The molecule has 4 nitrogen and oxygen atoms in total. The van der Waals surface area contributed by atoms with Gasteiger partial charge in [-0.25, -0.2) is 4.98 Å². The zero-order valence-corrected chi connectivity index (χ0v) is 12.1. The van der Waals surface area contributed by atoms with Gasteiger partial charge in [0.05, 0.1) is 6.61 Å². The Morgan fingerprint density at radius 2 is 2.00 bits per heavy atom. The number of fused-ring (bicyclic) bond motifs is 1. The highest BCUT2D eigenvalue weighted by molar-refractivity contribution is 5.85. The summed E-state index contributed by atoms with van der Waals surface area (Å²) in [5, 5.41) is 5.95. The minimum absolute atomic E-state index is 0.680. The SMILES string of the molecule is COCCn1ccnc1NCc1cccc2ccccc12. The molecule has 0 saturated heterocycles. The third-order valence-corrected chi connectivity index (χ3v) is 3.57. The largest absolute Gasteiger partial charge is 0.383 e. The summed E-state index contributed by atoms with van der Waals surface area (Å²) in [4.78, 5) is 4.36. The monoisotopic (exact) mass is 281 g/mol. The molecular formula is C17H19N3O. The van der Waals surface area contributed by atoms with Crippen LogP contribution in [0, 0.1) is 0 Å². The lowest BCUT2D eigenvalue weighted by Crippen LogP contribution is -2.10. The predicted octanol–water partition coefficient (Wildman–Crippen LogP) is 3.29. The zero-order chi connectivity index (χ0) is 14.5. The molecule has 0 radical (unpaired) electrons. The van der Waals surface area contributed by atoms with Crippen molar-refractivity contribution in [3.63, 3.8) is 0 Å². The average molecular weight is 281 g/mol. The van der Waals surface area contributed by atoms with Crippen LogP contribution in [0.4, 0.5) is 5.95 Å². The molecule has 21 heavy (non-hydrogen) atoms. The van der Waals surface area contributed by atoms with Gasteiger partial charge in [-0.2, -0.15) is 0 Å². The highest BCUT2D eigenvalue weighted by Gasteiger charge is 2.04. The van der Waals surface area contributed by atoms with Crippen LogP contribution in [0.15, 0.2) is 54.9 Å². The third-order valence-electron chi connectivity index (χ3n) is 3.57. The fraction of sp³-hybridized carbons (Fsp3) is 0.235. The van der Waals surface area contributed by atoms with Gasteiger partial charge in [-0.05, 0) is 16.3 Å². The van der Waals surface area contributed by atoms with Gasteiger partial charge in [0, 0.05) is 32.6 Å². The second kappa shape index (κ2) is 6.41. The van der Waals surface area contributed by atoms with Crippen molar-refractivity contribution >= 4 is 16.7 Å². The molecule has 4 heteroatoms. The number of nitrogens with zero attached hydrogens (tertiary/aromatic N) is 2. The molecule has 0 aliphatic rings. The van der Waals surface area contributed by atoms with Crippen LogP contribution in [0.5, 0.6) is 0 Å². The summed E-state index contributed by atoms with van der Waals surface area (Å²) < 4.78 is 7.18. The van der Waals surface area contributed by atoms with Crippen LogP contribution in [0.1, 0.15) is 5.56 Å². The summed E-state index contributed by atoms with van der Waals surface area (Å²) in [6.45, 7) is 2.24. The number of methoxy groups -OCH3 is 1. The van der Waals surface area contributed by atoms with E-state index in [-0.39, 0.29) is 0 Å². The van der Waals surface area contributed by atoms with E-state index < -0.39 is 0 Å². The van der Waals surface area contributed by atoms with Crippen LogP contribution in [0.3, 0.4) is 0 Å². The van der Waals surface area contributed by atoms with E-state index in [1.165, 1.54) is 16.3 Å². The highest BCUT2D eigenvalue weighted by atomic mass is 16.5. The number of benzene rings is 2. The van der Waals surface area contributed by atoms with E-state index in [0.717, 1.165) is 19.0 Å². The van der Waals surface area contributed by atoms with Crippen molar-refractivity contribution in [3.8, 4) is 0 Å². The maximum absolute atomic E-state index is 5.11. The average Bonchev–Trinajstić information content (AvgIpc) is 2.98. The molecule has 0 atom stereocenters. The van der Waals surface area contributed by atoms with Crippen LogP contribution in [-0.2, 0) is 17.8 Å². The molecule has 0 aliphatic heterocycles. The molecule has 3 aromatic rings. The molecule has 1 N–H and O–H groups in total. The third kappa shape index (κ3) is 3.06. The first-order valence-corrected chi connectivity index (χ1v) is 7.09. The van der Waals surface area contributed by atoms with Crippen molar-refractivity contribution in [3.05, 3.63) is 60.4 Å². The lowest BCUT2D eigenvalue weighted by Gasteiger charge is -2.11. The first-order chi connectivity index (χ1) is 10.4. The molecule has 1 heterocycles. The van der Waals surface area contributed by atoms with E-state index in [1.54, 1.807) is 13.3 Å². The van der Waals surface area contributed by atoms with Crippen LogP contribution < -0.4 is 5.32 Å². The fourth-order valence-corrected chi connectivity index (χ4v) is 2.47. The Bertz CT molecular complexity index is 715. The molecule has 2 aromatic carbocycles. The summed E-state index contributed by atoms with van der Waals surface area (Å²) in [5.74, 6) is 0.875. The number of hydrogen-bond donors (Lipinski definition) is 1. The Morgan fingerprint density at radius 1 is 1.14 bits per heavy atom. The first kappa shape index (κ1) is 13.6. The molecule has 0 unspecified atom stereocenters. The first-order valence-electron chi connectivity index (χ1n) is 7.09. The van der Waals surface area contributed by atoms with Gasteiger partial charge in [-0.1, -0.05) is 42.5 Å². The summed E-state index contributed by atoms with van der Waals surface area (Å²) >= 11 is 0. The van der Waals surface area contributed by atoms with Crippen molar-refractivity contribution in [2.45, 2.75) is 13.1 Å². The van der Waals surface area contributed by atoms with Crippen LogP contribution in [0.2, 0.25) is 0 Å². The molecule has 0 aliphatic carbocycles. The minimum atomic E-state index is 0.680. The van der Waals surface area contributed by atoms with Gasteiger partial charge < -0.3 is 14.6 Å². The molecule has 0 spiro atoms. The maximum atomic E-state index is 5.11. The quantitative estimate of drug-likeness (QED) is 0.753. The standard InChI is InChI=1S/C17H19N3O/c1-21-12-11-20-10-9-18-17(20)19-13-15-7-4-6-14-5-2-3-8-16(14)15/h2-10H,11-13H2,1H3,(H,18,19). The minimum Gasteiger partial charge on any atom is -0.383 e. The molecule has 3 rings (SSSR count). The maximum Gasteiger partial charge on any atom is 0.203 e. The molecule has 1 aromatic heterocycles. The molecule has 0 bridgehead atoms. The van der Waals surface area contributed by atoms with E-state index in [0.29, 0.717) is 6.61 Å². The van der Waals surface area contributed by atoms with Crippen LogP contribution >= 0.6 is 0 Å². The predicted molar refractivity (Wildman–Crippen MR) is 85.4 cm³/mol. The van der Waals surface area contributed by atoms with Crippen molar-refractivity contribution in [1.82, 2.24) is 9.55 Å². The van der Waals surface area contributed by atoms with Gasteiger partial charge in [0.2, 0.25) is 5.95 Å². The number of rotatable bonds is 6. The zero-order valence-electron chi connectivity index (χ0n) is 12.1. The second-order valence-electron chi connectivity index (χ2n) is 4.93. The van der Waals surface area contributed by atoms with Crippen LogP contribution in [-0.4, -0.2) is 23.3 Å². The normalized spacial score (nSPS) is 10.9. The molecule has 0 fully saturated rings. The van der Waals surface area contributed by atoms with Crippen molar-refractivity contribution < 1.29 is 4.74 Å². The fourth-order valence-electron chi connectivity index (χ4n) is 2.47. The van der Waals surface area contributed by atoms with Gasteiger partial charge in [-0.15, -0.1) is 0 Å².